The van der Waals surface area contributed by atoms with Crippen LogP contribution < -0.4 is 4.90 Å². The fourth-order valence-electron chi connectivity index (χ4n) is 2.33. The maximum Gasteiger partial charge on any atom is 0.138 e. The number of anilines is 1. The monoisotopic (exact) mass is 304 g/mol. The van der Waals surface area contributed by atoms with Gasteiger partial charge in [0.15, 0.2) is 0 Å². The van der Waals surface area contributed by atoms with Crippen LogP contribution in [-0.4, -0.2) is 26.8 Å². The van der Waals surface area contributed by atoms with Crippen molar-refractivity contribution in [1.29, 1.82) is 5.26 Å². The third-order valence-corrected chi connectivity index (χ3v) is 3.88. The van der Waals surface area contributed by atoms with Crippen molar-refractivity contribution in [3.8, 4) is 11.8 Å². The van der Waals surface area contributed by atoms with Crippen molar-refractivity contribution in [2.45, 2.75) is 13.0 Å². The summed E-state index contributed by atoms with van der Waals surface area (Å²) in [5.74, 6) is 0.830. The number of nitrogens with zero attached hydrogens (tertiary/aromatic N) is 6. The molecule has 23 heavy (non-hydrogen) atoms. The Bertz CT molecular complexity index is 800. The van der Waals surface area contributed by atoms with E-state index < -0.39 is 0 Å². The minimum absolute atomic E-state index is 0.153. The molecule has 0 aliphatic carbocycles. The van der Waals surface area contributed by atoms with E-state index in [4.69, 9.17) is 5.26 Å². The third kappa shape index (κ3) is 3.04. The number of pyridine rings is 1. The fraction of sp³-hybridized carbons (Fsp3) is 0.176. The SMILES string of the molecule is CC(c1ccc(-n2cncn2)cc1)N(C)c1ccc(C#N)cn1. The molecule has 1 unspecified atom stereocenters. The lowest BCUT2D eigenvalue weighted by Gasteiger charge is -2.26. The highest BCUT2D eigenvalue weighted by molar-refractivity contribution is 5.44. The summed E-state index contributed by atoms with van der Waals surface area (Å²) in [5.41, 5.74) is 2.70. The van der Waals surface area contributed by atoms with Crippen molar-refractivity contribution in [3.63, 3.8) is 0 Å². The normalized spacial score (nSPS) is 11.7. The number of hydrogen-bond acceptors (Lipinski definition) is 5. The maximum atomic E-state index is 8.84. The van der Waals surface area contributed by atoms with Gasteiger partial charge in [-0.25, -0.2) is 14.6 Å². The van der Waals surface area contributed by atoms with E-state index in [1.54, 1.807) is 23.3 Å². The van der Waals surface area contributed by atoms with Gasteiger partial charge in [0.05, 0.1) is 17.3 Å². The van der Waals surface area contributed by atoms with Gasteiger partial charge >= 0.3 is 0 Å². The molecular weight excluding hydrogens is 288 g/mol. The van der Waals surface area contributed by atoms with Gasteiger partial charge in [0.1, 0.15) is 24.5 Å². The van der Waals surface area contributed by atoms with Crippen LogP contribution in [0.15, 0.2) is 55.2 Å². The molecule has 0 amide bonds. The first-order valence-electron chi connectivity index (χ1n) is 7.23. The molecule has 0 bridgehead atoms. The van der Waals surface area contributed by atoms with Gasteiger partial charge < -0.3 is 4.90 Å². The number of nitriles is 1. The van der Waals surface area contributed by atoms with Crippen LogP contribution in [0.1, 0.15) is 24.1 Å². The molecule has 6 nitrogen and oxygen atoms in total. The van der Waals surface area contributed by atoms with Gasteiger partial charge in [0.25, 0.3) is 0 Å². The number of hydrogen-bond donors (Lipinski definition) is 0. The molecule has 114 valence electrons. The van der Waals surface area contributed by atoms with Crippen LogP contribution in [-0.2, 0) is 0 Å². The Morgan fingerprint density at radius 1 is 1.17 bits per heavy atom. The molecule has 1 atom stereocenters. The van der Waals surface area contributed by atoms with Crippen molar-refractivity contribution in [2.24, 2.45) is 0 Å². The van der Waals surface area contributed by atoms with Gasteiger partial charge in [0.2, 0.25) is 0 Å². The van der Waals surface area contributed by atoms with E-state index in [-0.39, 0.29) is 6.04 Å². The zero-order valence-corrected chi connectivity index (χ0v) is 13.0. The molecule has 3 aromatic rings. The summed E-state index contributed by atoms with van der Waals surface area (Å²) in [6.45, 7) is 2.12. The molecule has 0 radical (unpaired) electrons. The van der Waals surface area contributed by atoms with E-state index in [2.05, 4.69) is 45.1 Å². The quantitative estimate of drug-likeness (QED) is 0.741. The number of rotatable bonds is 4. The summed E-state index contributed by atoms with van der Waals surface area (Å²) in [6, 6.07) is 14.0. The first-order chi connectivity index (χ1) is 11.2. The maximum absolute atomic E-state index is 8.84. The van der Waals surface area contributed by atoms with Gasteiger partial charge in [-0.2, -0.15) is 10.4 Å². The first kappa shape index (κ1) is 14.7. The molecule has 0 aliphatic heterocycles. The minimum atomic E-state index is 0.153. The highest BCUT2D eigenvalue weighted by atomic mass is 15.3. The lowest BCUT2D eigenvalue weighted by molar-refractivity contribution is 0.728. The molecule has 0 saturated carbocycles. The summed E-state index contributed by atoms with van der Waals surface area (Å²) < 4.78 is 1.72. The van der Waals surface area contributed by atoms with Crippen LogP contribution in [0, 0.1) is 11.3 Å². The molecule has 2 aromatic heterocycles. The second-order valence-electron chi connectivity index (χ2n) is 5.24. The van der Waals surface area contributed by atoms with Crippen molar-refractivity contribution in [1.82, 2.24) is 19.7 Å². The van der Waals surface area contributed by atoms with Crippen LogP contribution in [0.3, 0.4) is 0 Å². The van der Waals surface area contributed by atoms with Gasteiger partial charge in [-0.3, -0.25) is 0 Å². The smallest absolute Gasteiger partial charge is 0.138 e. The molecule has 0 spiro atoms. The van der Waals surface area contributed by atoms with Crippen LogP contribution in [0.5, 0.6) is 0 Å². The molecule has 2 heterocycles. The average Bonchev–Trinajstić information content (AvgIpc) is 3.15. The van der Waals surface area contributed by atoms with E-state index in [0.29, 0.717) is 5.56 Å². The predicted molar refractivity (Wildman–Crippen MR) is 87.1 cm³/mol. The van der Waals surface area contributed by atoms with Gasteiger partial charge in [-0.1, -0.05) is 12.1 Å². The summed E-state index contributed by atoms with van der Waals surface area (Å²) >= 11 is 0. The predicted octanol–water partition coefficient (Wildman–Crippen LogP) is 2.73. The lowest BCUT2D eigenvalue weighted by Crippen LogP contribution is -2.22. The molecule has 3 rings (SSSR count). The second kappa shape index (κ2) is 6.28. The summed E-state index contributed by atoms with van der Waals surface area (Å²) in [7, 11) is 1.99. The summed E-state index contributed by atoms with van der Waals surface area (Å²) in [6.07, 6.45) is 4.78. The van der Waals surface area contributed by atoms with E-state index in [0.717, 1.165) is 11.5 Å². The standard InChI is InChI=1S/C17H16N6/c1-13(22(2)17-8-3-14(9-18)10-20-17)15-4-6-16(7-5-15)23-12-19-11-21-23/h3-8,10-13H,1-2H3. The van der Waals surface area contributed by atoms with Crippen LogP contribution in [0.2, 0.25) is 0 Å². The van der Waals surface area contributed by atoms with Gasteiger partial charge in [-0.05, 0) is 36.8 Å². The van der Waals surface area contributed by atoms with Crippen molar-refractivity contribution in [3.05, 3.63) is 66.4 Å². The number of aromatic nitrogens is 4. The Labute approximate surface area is 134 Å². The van der Waals surface area contributed by atoms with E-state index in [9.17, 15) is 0 Å². The Kier molecular flexibility index (Phi) is 4.02. The zero-order chi connectivity index (χ0) is 16.2. The van der Waals surface area contributed by atoms with Crippen LogP contribution in [0.25, 0.3) is 5.69 Å². The minimum Gasteiger partial charge on any atom is -0.353 e. The third-order valence-electron chi connectivity index (χ3n) is 3.88. The Hall–Kier alpha value is -3.20. The van der Waals surface area contributed by atoms with Crippen molar-refractivity contribution >= 4 is 5.82 Å². The topological polar surface area (TPSA) is 70.6 Å². The second-order valence-corrected chi connectivity index (χ2v) is 5.24. The Morgan fingerprint density at radius 2 is 1.96 bits per heavy atom. The molecule has 0 fully saturated rings. The molecule has 1 aromatic carbocycles. The highest BCUT2D eigenvalue weighted by Gasteiger charge is 2.13. The molecule has 0 aliphatic rings. The van der Waals surface area contributed by atoms with E-state index in [1.807, 2.05) is 25.2 Å². The molecule has 0 saturated heterocycles. The number of benzene rings is 1. The summed E-state index contributed by atoms with van der Waals surface area (Å²) in [5, 5.41) is 13.0. The summed E-state index contributed by atoms with van der Waals surface area (Å²) in [4.78, 5) is 10.4. The van der Waals surface area contributed by atoms with Crippen molar-refractivity contribution < 1.29 is 0 Å². The van der Waals surface area contributed by atoms with Crippen molar-refractivity contribution in [2.75, 3.05) is 11.9 Å². The molecule has 0 N–H and O–H groups in total. The van der Waals surface area contributed by atoms with Crippen LogP contribution >= 0.6 is 0 Å². The fourth-order valence-corrected chi connectivity index (χ4v) is 2.33. The van der Waals surface area contributed by atoms with E-state index >= 15 is 0 Å². The largest absolute Gasteiger partial charge is 0.353 e. The van der Waals surface area contributed by atoms with Crippen LogP contribution in [0.4, 0.5) is 5.82 Å². The molecule has 6 heteroatoms. The zero-order valence-electron chi connectivity index (χ0n) is 13.0. The Balaban J connectivity index is 1.79. The lowest BCUT2D eigenvalue weighted by atomic mass is 10.1. The Morgan fingerprint density at radius 3 is 2.52 bits per heavy atom. The first-order valence-corrected chi connectivity index (χ1v) is 7.23. The molecular formula is C17H16N6. The average molecular weight is 304 g/mol. The van der Waals surface area contributed by atoms with Gasteiger partial charge in [0, 0.05) is 13.2 Å². The van der Waals surface area contributed by atoms with Gasteiger partial charge in [-0.15, -0.1) is 0 Å². The highest BCUT2D eigenvalue weighted by Crippen LogP contribution is 2.24. The van der Waals surface area contributed by atoms with E-state index in [1.165, 1.54) is 11.9 Å².